The van der Waals surface area contributed by atoms with Crippen LogP contribution in [0.1, 0.15) is 5.56 Å². The smallest absolute Gasteiger partial charge is 0.131 e. The van der Waals surface area contributed by atoms with Gasteiger partial charge in [0.25, 0.3) is 0 Å². The maximum absolute atomic E-state index is 5.10. The standard InChI is InChI=1S/C11H17BrN2O/c1-10-4-3-6-13-11(10)14(7-5-12)8-9-15-2/h3-4,6H,5,7-9H2,1-2H3. The molecule has 1 aromatic rings. The van der Waals surface area contributed by atoms with E-state index < -0.39 is 0 Å². The fraction of sp³-hybridized carbons (Fsp3) is 0.545. The lowest BCUT2D eigenvalue weighted by atomic mass is 10.2. The summed E-state index contributed by atoms with van der Waals surface area (Å²) >= 11 is 3.45. The molecule has 0 atom stereocenters. The highest BCUT2D eigenvalue weighted by Gasteiger charge is 2.08. The van der Waals surface area contributed by atoms with Crippen molar-refractivity contribution in [3.8, 4) is 0 Å². The van der Waals surface area contributed by atoms with E-state index in [0.717, 1.165) is 30.8 Å². The number of anilines is 1. The van der Waals surface area contributed by atoms with Crippen LogP contribution in [0.15, 0.2) is 18.3 Å². The van der Waals surface area contributed by atoms with E-state index in [1.807, 2.05) is 12.3 Å². The summed E-state index contributed by atoms with van der Waals surface area (Å²) in [5.74, 6) is 1.05. The molecule has 0 amide bonds. The van der Waals surface area contributed by atoms with E-state index in [0.29, 0.717) is 0 Å². The van der Waals surface area contributed by atoms with Crippen molar-refractivity contribution in [1.82, 2.24) is 4.98 Å². The zero-order chi connectivity index (χ0) is 11.1. The van der Waals surface area contributed by atoms with Crippen LogP contribution in [0.4, 0.5) is 5.82 Å². The Labute approximate surface area is 99.6 Å². The molecule has 1 aromatic heterocycles. The Balaban J connectivity index is 2.74. The fourth-order valence-corrected chi connectivity index (χ4v) is 1.86. The van der Waals surface area contributed by atoms with Gasteiger partial charge in [0, 0.05) is 31.7 Å². The van der Waals surface area contributed by atoms with Crippen molar-refractivity contribution in [3.05, 3.63) is 23.9 Å². The van der Waals surface area contributed by atoms with Crippen LogP contribution in [-0.2, 0) is 4.74 Å². The van der Waals surface area contributed by atoms with Gasteiger partial charge in [-0.3, -0.25) is 0 Å². The fourth-order valence-electron chi connectivity index (χ4n) is 1.44. The molecule has 0 aliphatic heterocycles. The van der Waals surface area contributed by atoms with Gasteiger partial charge in [-0.05, 0) is 18.6 Å². The molecular weight excluding hydrogens is 256 g/mol. The SMILES string of the molecule is COCCN(CCBr)c1ncccc1C. The van der Waals surface area contributed by atoms with Crippen molar-refractivity contribution in [2.75, 3.05) is 37.0 Å². The molecular formula is C11H17BrN2O. The van der Waals surface area contributed by atoms with Gasteiger partial charge < -0.3 is 9.64 Å². The van der Waals surface area contributed by atoms with Crippen LogP contribution in [0.3, 0.4) is 0 Å². The summed E-state index contributed by atoms with van der Waals surface area (Å²) in [5.41, 5.74) is 1.20. The number of pyridine rings is 1. The van der Waals surface area contributed by atoms with Crippen LogP contribution in [-0.4, -0.2) is 37.1 Å². The van der Waals surface area contributed by atoms with Crippen LogP contribution in [0.25, 0.3) is 0 Å². The molecule has 0 radical (unpaired) electrons. The van der Waals surface area contributed by atoms with E-state index in [2.05, 4.69) is 38.8 Å². The van der Waals surface area contributed by atoms with Crippen LogP contribution in [0.5, 0.6) is 0 Å². The third-order valence-corrected chi connectivity index (χ3v) is 2.56. The number of nitrogens with zero attached hydrogens (tertiary/aromatic N) is 2. The molecule has 0 fully saturated rings. The van der Waals surface area contributed by atoms with Crippen molar-refractivity contribution in [2.45, 2.75) is 6.92 Å². The lowest BCUT2D eigenvalue weighted by molar-refractivity contribution is 0.205. The Morgan fingerprint density at radius 2 is 2.27 bits per heavy atom. The summed E-state index contributed by atoms with van der Waals surface area (Å²) in [7, 11) is 1.72. The molecule has 0 saturated carbocycles. The largest absolute Gasteiger partial charge is 0.383 e. The lowest BCUT2D eigenvalue weighted by Gasteiger charge is -2.23. The number of hydrogen-bond acceptors (Lipinski definition) is 3. The average molecular weight is 273 g/mol. The normalized spacial score (nSPS) is 10.3. The topological polar surface area (TPSA) is 25.4 Å². The molecule has 84 valence electrons. The van der Waals surface area contributed by atoms with Crippen molar-refractivity contribution in [2.24, 2.45) is 0 Å². The molecule has 4 heteroatoms. The molecule has 0 saturated heterocycles. The summed E-state index contributed by atoms with van der Waals surface area (Å²) in [6, 6.07) is 4.04. The first kappa shape index (κ1) is 12.5. The van der Waals surface area contributed by atoms with E-state index >= 15 is 0 Å². The minimum atomic E-state index is 0.725. The lowest BCUT2D eigenvalue weighted by Crippen LogP contribution is -2.30. The first-order valence-corrected chi connectivity index (χ1v) is 6.13. The van der Waals surface area contributed by atoms with Crippen molar-refractivity contribution in [3.63, 3.8) is 0 Å². The van der Waals surface area contributed by atoms with Crippen LogP contribution < -0.4 is 4.90 Å². The van der Waals surface area contributed by atoms with Gasteiger partial charge in [-0.15, -0.1) is 0 Å². The first-order valence-electron chi connectivity index (χ1n) is 5.01. The number of methoxy groups -OCH3 is 1. The Hall–Kier alpha value is -0.610. The van der Waals surface area contributed by atoms with Gasteiger partial charge in [-0.2, -0.15) is 0 Å². The highest BCUT2D eigenvalue weighted by atomic mass is 79.9. The third kappa shape index (κ3) is 3.80. The molecule has 3 nitrogen and oxygen atoms in total. The van der Waals surface area contributed by atoms with E-state index in [-0.39, 0.29) is 0 Å². The van der Waals surface area contributed by atoms with Crippen molar-refractivity contribution >= 4 is 21.7 Å². The molecule has 0 aliphatic rings. The molecule has 0 unspecified atom stereocenters. The predicted octanol–water partition coefficient (Wildman–Crippen LogP) is 2.24. The number of aryl methyl sites for hydroxylation is 1. The zero-order valence-corrected chi connectivity index (χ0v) is 10.8. The summed E-state index contributed by atoms with van der Waals surface area (Å²) in [5, 5.41) is 0.937. The van der Waals surface area contributed by atoms with E-state index in [1.54, 1.807) is 7.11 Å². The predicted molar refractivity (Wildman–Crippen MR) is 66.9 cm³/mol. The molecule has 1 heterocycles. The Morgan fingerprint density at radius 3 is 2.87 bits per heavy atom. The maximum atomic E-state index is 5.10. The Bertz CT molecular complexity index is 294. The second kappa shape index (κ2) is 6.80. The van der Waals surface area contributed by atoms with Gasteiger partial charge in [0.15, 0.2) is 0 Å². The van der Waals surface area contributed by atoms with Crippen LogP contribution >= 0.6 is 15.9 Å². The summed E-state index contributed by atoms with van der Waals surface area (Å²) in [6.07, 6.45) is 1.83. The minimum Gasteiger partial charge on any atom is -0.383 e. The molecule has 15 heavy (non-hydrogen) atoms. The number of aromatic nitrogens is 1. The second-order valence-electron chi connectivity index (χ2n) is 3.31. The second-order valence-corrected chi connectivity index (χ2v) is 4.11. The van der Waals surface area contributed by atoms with Gasteiger partial charge in [-0.1, -0.05) is 22.0 Å². The van der Waals surface area contributed by atoms with Gasteiger partial charge in [0.1, 0.15) is 5.82 Å². The number of alkyl halides is 1. The number of halogens is 1. The van der Waals surface area contributed by atoms with E-state index in [9.17, 15) is 0 Å². The average Bonchev–Trinajstić information content (AvgIpc) is 2.25. The molecule has 0 N–H and O–H groups in total. The molecule has 0 bridgehead atoms. The quantitative estimate of drug-likeness (QED) is 0.743. The van der Waals surface area contributed by atoms with Crippen LogP contribution in [0, 0.1) is 6.92 Å². The summed E-state index contributed by atoms with van der Waals surface area (Å²) < 4.78 is 5.10. The van der Waals surface area contributed by atoms with E-state index in [4.69, 9.17) is 4.74 Å². The number of rotatable bonds is 6. The monoisotopic (exact) mass is 272 g/mol. The van der Waals surface area contributed by atoms with E-state index in [1.165, 1.54) is 5.56 Å². The maximum Gasteiger partial charge on any atom is 0.131 e. The number of ether oxygens (including phenoxy) is 1. The highest BCUT2D eigenvalue weighted by Crippen LogP contribution is 2.15. The number of hydrogen-bond donors (Lipinski definition) is 0. The van der Waals surface area contributed by atoms with Crippen molar-refractivity contribution < 1.29 is 4.74 Å². The zero-order valence-electron chi connectivity index (χ0n) is 9.24. The Kier molecular flexibility index (Phi) is 5.65. The molecule has 0 aromatic carbocycles. The van der Waals surface area contributed by atoms with Gasteiger partial charge in [0.2, 0.25) is 0 Å². The highest BCUT2D eigenvalue weighted by molar-refractivity contribution is 9.09. The molecule has 1 rings (SSSR count). The summed E-state index contributed by atoms with van der Waals surface area (Å²) in [4.78, 5) is 6.63. The van der Waals surface area contributed by atoms with Gasteiger partial charge in [0.05, 0.1) is 6.61 Å². The van der Waals surface area contributed by atoms with Gasteiger partial charge >= 0.3 is 0 Å². The molecule has 0 spiro atoms. The minimum absolute atomic E-state index is 0.725. The van der Waals surface area contributed by atoms with Crippen molar-refractivity contribution in [1.29, 1.82) is 0 Å². The first-order chi connectivity index (χ1) is 7.29. The van der Waals surface area contributed by atoms with Crippen LogP contribution in [0.2, 0.25) is 0 Å². The third-order valence-electron chi connectivity index (χ3n) is 2.20. The molecule has 0 aliphatic carbocycles. The Morgan fingerprint density at radius 1 is 1.47 bits per heavy atom. The van der Waals surface area contributed by atoms with Gasteiger partial charge in [-0.25, -0.2) is 4.98 Å². The summed E-state index contributed by atoms with van der Waals surface area (Å²) in [6.45, 7) is 4.63.